The van der Waals surface area contributed by atoms with Crippen LogP contribution < -0.4 is 15.8 Å². The molecule has 1 aliphatic rings. The van der Waals surface area contributed by atoms with Gasteiger partial charge in [-0.25, -0.2) is 12.8 Å². The van der Waals surface area contributed by atoms with Crippen LogP contribution in [0.4, 0.5) is 10.1 Å². The highest BCUT2D eigenvalue weighted by Gasteiger charge is 2.31. The number of rotatable bonds is 7. The first-order chi connectivity index (χ1) is 12.8. The van der Waals surface area contributed by atoms with Crippen molar-refractivity contribution in [2.75, 3.05) is 11.3 Å². The van der Waals surface area contributed by atoms with E-state index >= 15 is 0 Å². The van der Waals surface area contributed by atoms with Crippen LogP contribution in [0.5, 0.6) is 0 Å². The fraction of sp³-hybridized carbons (Fsp3) is 0.316. The highest BCUT2D eigenvalue weighted by atomic mass is 32.2. The number of carbonyl (C=O) groups is 1. The van der Waals surface area contributed by atoms with Gasteiger partial charge in [0.05, 0.1) is 10.6 Å². The summed E-state index contributed by atoms with van der Waals surface area (Å²) in [5.41, 5.74) is 6.47. The molecule has 1 saturated carbocycles. The van der Waals surface area contributed by atoms with Crippen molar-refractivity contribution >= 4 is 21.6 Å². The van der Waals surface area contributed by atoms with E-state index in [0.717, 1.165) is 18.9 Å². The Morgan fingerprint density at radius 3 is 2.59 bits per heavy atom. The van der Waals surface area contributed by atoms with Gasteiger partial charge in [0.2, 0.25) is 0 Å². The third-order valence-electron chi connectivity index (χ3n) is 4.64. The Kier molecular flexibility index (Phi) is 5.48. The molecule has 2 aromatic rings. The number of nitrogens with two attached hydrogens (primary N) is 1. The van der Waals surface area contributed by atoms with Gasteiger partial charge in [0.1, 0.15) is 5.82 Å². The molecule has 1 amide bonds. The average Bonchev–Trinajstić information content (AvgIpc) is 3.46. The van der Waals surface area contributed by atoms with Crippen molar-refractivity contribution in [3.8, 4) is 0 Å². The van der Waals surface area contributed by atoms with Gasteiger partial charge in [0.15, 0.2) is 0 Å². The van der Waals surface area contributed by atoms with Crippen LogP contribution in [0.2, 0.25) is 0 Å². The molecule has 144 valence electrons. The van der Waals surface area contributed by atoms with Gasteiger partial charge in [0, 0.05) is 18.2 Å². The maximum Gasteiger partial charge on any atom is 0.262 e. The minimum Gasteiger partial charge on any atom is -0.348 e. The van der Waals surface area contributed by atoms with Gasteiger partial charge in [-0.05, 0) is 55.5 Å². The summed E-state index contributed by atoms with van der Waals surface area (Å²) in [6, 6.07) is 9.61. The van der Waals surface area contributed by atoms with Gasteiger partial charge in [-0.2, -0.15) is 0 Å². The van der Waals surface area contributed by atoms with Crippen LogP contribution in [-0.2, 0) is 10.0 Å². The summed E-state index contributed by atoms with van der Waals surface area (Å²) in [6.45, 7) is 2.06. The zero-order valence-electron chi connectivity index (χ0n) is 14.9. The lowest BCUT2D eigenvalue weighted by Crippen LogP contribution is -2.42. The first-order valence-electron chi connectivity index (χ1n) is 8.71. The van der Waals surface area contributed by atoms with Gasteiger partial charge in [0.25, 0.3) is 15.9 Å². The lowest BCUT2D eigenvalue weighted by atomic mass is 10.1. The third kappa shape index (κ3) is 4.45. The van der Waals surface area contributed by atoms with Gasteiger partial charge in [-0.15, -0.1) is 0 Å². The smallest absolute Gasteiger partial charge is 0.262 e. The van der Waals surface area contributed by atoms with Crippen molar-refractivity contribution in [2.24, 2.45) is 11.7 Å². The number of anilines is 1. The van der Waals surface area contributed by atoms with Crippen molar-refractivity contribution in [1.82, 2.24) is 5.32 Å². The Morgan fingerprint density at radius 1 is 1.26 bits per heavy atom. The van der Waals surface area contributed by atoms with Crippen molar-refractivity contribution < 1.29 is 17.6 Å². The predicted octanol–water partition coefficient (Wildman–Crippen LogP) is 2.40. The molecule has 0 saturated heterocycles. The first kappa shape index (κ1) is 19.3. The molecule has 0 bridgehead atoms. The fourth-order valence-corrected chi connectivity index (χ4v) is 3.97. The summed E-state index contributed by atoms with van der Waals surface area (Å²) in [5.74, 6) is -0.659. The second-order valence-electron chi connectivity index (χ2n) is 6.72. The zero-order chi connectivity index (χ0) is 19.6. The Hall–Kier alpha value is -2.45. The van der Waals surface area contributed by atoms with Gasteiger partial charge >= 0.3 is 0 Å². The molecule has 4 N–H and O–H groups in total. The lowest BCUT2D eigenvalue weighted by molar-refractivity contribution is 0.0932. The van der Waals surface area contributed by atoms with Crippen molar-refractivity contribution in [3.63, 3.8) is 0 Å². The predicted molar refractivity (Wildman–Crippen MR) is 101 cm³/mol. The fourth-order valence-electron chi connectivity index (χ4n) is 2.87. The number of aryl methyl sites for hydroxylation is 1. The largest absolute Gasteiger partial charge is 0.348 e. The van der Waals surface area contributed by atoms with Crippen molar-refractivity contribution in [1.29, 1.82) is 0 Å². The molecule has 3 rings (SSSR count). The van der Waals surface area contributed by atoms with Crippen LogP contribution in [0.1, 0.15) is 28.8 Å². The SMILES string of the molecule is Cc1ccc(S(=O)(=O)Nc2ccccc2F)cc1C(=O)NC(CN)C1CC1. The molecular formula is C19H22FN3O3S. The minimum absolute atomic E-state index is 0.114. The number of halogens is 1. The van der Waals surface area contributed by atoms with Crippen LogP contribution in [0.25, 0.3) is 0 Å². The average molecular weight is 391 g/mol. The monoisotopic (exact) mass is 391 g/mol. The van der Waals surface area contributed by atoms with E-state index < -0.39 is 15.8 Å². The number of para-hydroxylation sites is 1. The van der Waals surface area contributed by atoms with Crippen LogP contribution in [0, 0.1) is 18.7 Å². The molecule has 0 spiro atoms. The normalized spacial score (nSPS) is 15.2. The maximum atomic E-state index is 13.8. The minimum atomic E-state index is -4.04. The molecule has 1 atom stereocenters. The molecular weight excluding hydrogens is 369 g/mol. The van der Waals surface area contributed by atoms with E-state index in [9.17, 15) is 17.6 Å². The molecule has 0 heterocycles. The molecule has 6 nitrogen and oxygen atoms in total. The highest BCUT2D eigenvalue weighted by molar-refractivity contribution is 7.92. The Balaban J connectivity index is 1.85. The van der Waals surface area contributed by atoms with E-state index in [1.165, 1.54) is 30.3 Å². The van der Waals surface area contributed by atoms with E-state index in [1.54, 1.807) is 13.0 Å². The van der Waals surface area contributed by atoms with E-state index in [0.29, 0.717) is 18.0 Å². The van der Waals surface area contributed by atoms with Crippen LogP contribution in [-0.4, -0.2) is 26.9 Å². The van der Waals surface area contributed by atoms with E-state index in [-0.39, 0.29) is 28.1 Å². The van der Waals surface area contributed by atoms with Crippen LogP contribution >= 0.6 is 0 Å². The Bertz CT molecular complexity index is 958. The third-order valence-corrected chi connectivity index (χ3v) is 6.01. The molecule has 1 fully saturated rings. The lowest BCUT2D eigenvalue weighted by Gasteiger charge is -2.17. The van der Waals surface area contributed by atoms with E-state index in [4.69, 9.17) is 5.73 Å². The molecule has 1 unspecified atom stereocenters. The quantitative estimate of drug-likeness (QED) is 0.675. The van der Waals surface area contributed by atoms with Gasteiger partial charge in [-0.1, -0.05) is 18.2 Å². The molecule has 2 aromatic carbocycles. The molecule has 0 aliphatic heterocycles. The molecule has 0 radical (unpaired) electrons. The number of nitrogens with one attached hydrogen (secondary N) is 2. The van der Waals surface area contributed by atoms with Crippen molar-refractivity contribution in [2.45, 2.75) is 30.7 Å². The summed E-state index contributed by atoms with van der Waals surface area (Å²) >= 11 is 0. The number of carbonyl (C=O) groups excluding carboxylic acids is 1. The molecule has 8 heteroatoms. The summed E-state index contributed by atoms with van der Waals surface area (Å²) in [5, 5.41) is 2.88. The Morgan fingerprint density at radius 2 is 1.96 bits per heavy atom. The highest BCUT2D eigenvalue weighted by Crippen LogP contribution is 2.32. The van der Waals surface area contributed by atoms with Gasteiger partial charge < -0.3 is 11.1 Å². The standard InChI is InChI=1S/C19H22FN3O3S/c1-12-6-9-14(27(25,26)23-17-5-3-2-4-16(17)20)10-15(12)19(24)22-18(11-21)13-7-8-13/h2-6,9-10,13,18,23H,7-8,11,21H2,1H3,(H,22,24). The number of amides is 1. The van der Waals surface area contributed by atoms with Gasteiger partial charge in [-0.3, -0.25) is 9.52 Å². The summed E-state index contributed by atoms with van der Waals surface area (Å²) in [7, 11) is -4.04. The van der Waals surface area contributed by atoms with E-state index in [1.807, 2.05) is 0 Å². The maximum absolute atomic E-state index is 13.8. The number of hydrogen-bond acceptors (Lipinski definition) is 4. The number of benzene rings is 2. The number of hydrogen-bond donors (Lipinski definition) is 3. The van der Waals surface area contributed by atoms with E-state index in [2.05, 4.69) is 10.0 Å². The topological polar surface area (TPSA) is 101 Å². The Labute approximate surface area is 158 Å². The summed E-state index contributed by atoms with van der Waals surface area (Å²) in [6.07, 6.45) is 2.06. The number of sulfonamides is 1. The zero-order valence-corrected chi connectivity index (χ0v) is 15.7. The molecule has 1 aliphatic carbocycles. The molecule has 0 aromatic heterocycles. The summed E-state index contributed by atoms with van der Waals surface area (Å²) in [4.78, 5) is 12.5. The second-order valence-corrected chi connectivity index (χ2v) is 8.40. The van der Waals surface area contributed by atoms with Crippen LogP contribution in [0.3, 0.4) is 0 Å². The van der Waals surface area contributed by atoms with Crippen LogP contribution in [0.15, 0.2) is 47.4 Å². The molecule has 27 heavy (non-hydrogen) atoms. The summed E-state index contributed by atoms with van der Waals surface area (Å²) < 4.78 is 41.2. The first-order valence-corrected chi connectivity index (χ1v) is 10.2. The van der Waals surface area contributed by atoms with Crippen molar-refractivity contribution in [3.05, 3.63) is 59.4 Å². The second kappa shape index (κ2) is 7.66.